The average molecular weight is 301 g/mol. The molecule has 2 atom stereocenters. The van der Waals surface area contributed by atoms with E-state index < -0.39 is 11.9 Å². The third-order valence-corrected chi connectivity index (χ3v) is 4.36. The fraction of sp³-hybridized carbons (Fsp3) is 0.438. The van der Waals surface area contributed by atoms with Crippen molar-refractivity contribution in [3.8, 4) is 0 Å². The van der Waals surface area contributed by atoms with Crippen molar-refractivity contribution in [1.29, 1.82) is 0 Å². The van der Waals surface area contributed by atoms with Crippen molar-refractivity contribution >= 4 is 28.9 Å². The average Bonchev–Trinajstić information content (AvgIpc) is 3.11. The Balaban J connectivity index is 1.78. The molecule has 0 aliphatic heterocycles. The third-order valence-electron chi connectivity index (χ3n) is 4.36. The van der Waals surface area contributed by atoms with E-state index in [2.05, 4.69) is 10.3 Å². The first-order chi connectivity index (χ1) is 10.6. The van der Waals surface area contributed by atoms with Crippen LogP contribution in [0.2, 0.25) is 0 Å². The summed E-state index contributed by atoms with van der Waals surface area (Å²) >= 11 is 0. The molecule has 116 valence electrons. The molecule has 1 aliphatic carbocycles. The van der Waals surface area contributed by atoms with E-state index >= 15 is 0 Å². The number of anilines is 1. The van der Waals surface area contributed by atoms with Crippen molar-refractivity contribution in [2.24, 2.45) is 11.8 Å². The van der Waals surface area contributed by atoms with Crippen LogP contribution in [0, 0.1) is 11.8 Å². The molecule has 1 aromatic heterocycles. The number of hydrogen-bond acceptors (Lipinski definition) is 3. The van der Waals surface area contributed by atoms with Crippen LogP contribution in [0.15, 0.2) is 24.3 Å². The van der Waals surface area contributed by atoms with E-state index in [1.807, 2.05) is 35.8 Å². The number of nitrogens with zero attached hydrogens (tertiary/aromatic N) is 2. The van der Waals surface area contributed by atoms with Gasteiger partial charge in [0.25, 0.3) is 0 Å². The van der Waals surface area contributed by atoms with Gasteiger partial charge in [0.2, 0.25) is 11.9 Å². The zero-order valence-corrected chi connectivity index (χ0v) is 12.5. The number of aromatic nitrogens is 2. The van der Waals surface area contributed by atoms with E-state index in [1.165, 1.54) is 0 Å². The predicted molar refractivity (Wildman–Crippen MR) is 82.5 cm³/mol. The maximum Gasteiger partial charge on any atom is 0.306 e. The van der Waals surface area contributed by atoms with E-state index in [9.17, 15) is 9.59 Å². The number of para-hydroxylation sites is 2. The highest BCUT2D eigenvalue weighted by atomic mass is 16.4. The zero-order valence-electron chi connectivity index (χ0n) is 12.5. The maximum atomic E-state index is 12.4. The Morgan fingerprint density at radius 1 is 1.32 bits per heavy atom. The highest BCUT2D eigenvalue weighted by Crippen LogP contribution is 2.32. The van der Waals surface area contributed by atoms with Crippen LogP contribution in [0.1, 0.15) is 26.2 Å². The fourth-order valence-corrected chi connectivity index (χ4v) is 3.15. The fourth-order valence-electron chi connectivity index (χ4n) is 3.15. The van der Waals surface area contributed by atoms with E-state index in [4.69, 9.17) is 5.11 Å². The van der Waals surface area contributed by atoms with Crippen LogP contribution < -0.4 is 5.32 Å². The van der Waals surface area contributed by atoms with Gasteiger partial charge in [0.1, 0.15) is 0 Å². The minimum atomic E-state index is -0.809. The highest BCUT2D eigenvalue weighted by Gasteiger charge is 2.34. The van der Waals surface area contributed by atoms with Crippen molar-refractivity contribution in [1.82, 2.24) is 9.55 Å². The van der Waals surface area contributed by atoms with E-state index in [0.29, 0.717) is 31.8 Å². The number of rotatable bonds is 4. The molecule has 1 aromatic carbocycles. The Morgan fingerprint density at radius 3 is 2.73 bits per heavy atom. The first kappa shape index (κ1) is 14.6. The summed E-state index contributed by atoms with van der Waals surface area (Å²) in [4.78, 5) is 27.8. The van der Waals surface area contributed by atoms with Crippen LogP contribution >= 0.6 is 0 Å². The summed E-state index contributed by atoms with van der Waals surface area (Å²) in [5.74, 6) is -1.05. The second kappa shape index (κ2) is 5.79. The second-order valence-corrected chi connectivity index (χ2v) is 5.70. The SMILES string of the molecule is CCn1c(NC(=O)[C@@H]2CC[C@H](C(=O)O)C2)nc2ccccc21. The predicted octanol–water partition coefficient (Wildman–Crippen LogP) is 2.50. The molecule has 2 aromatic rings. The topological polar surface area (TPSA) is 84.2 Å². The van der Waals surface area contributed by atoms with Gasteiger partial charge in [-0.1, -0.05) is 12.1 Å². The van der Waals surface area contributed by atoms with Crippen LogP contribution in [0.5, 0.6) is 0 Å². The van der Waals surface area contributed by atoms with Gasteiger partial charge >= 0.3 is 5.97 Å². The van der Waals surface area contributed by atoms with Crippen LogP contribution in [-0.2, 0) is 16.1 Å². The normalized spacial score (nSPS) is 21.1. The summed E-state index contributed by atoms with van der Waals surface area (Å²) in [7, 11) is 0. The molecular weight excluding hydrogens is 282 g/mol. The van der Waals surface area contributed by atoms with Gasteiger partial charge in [0.05, 0.1) is 17.0 Å². The number of benzene rings is 1. The standard InChI is InChI=1S/C16H19N3O3/c1-2-19-13-6-4-3-5-12(13)17-16(19)18-14(20)10-7-8-11(9-10)15(21)22/h3-6,10-11H,2,7-9H2,1H3,(H,21,22)(H,17,18,20)/t10-,11+/m1/s1. The summed E-state index contributed by atoms with van der Waals surface area (Å²) < 4.78 is 1.96. The van der Waals surface area contributed by atoms with E-state index in [1.54, 1.807) is 0 Å². The van der Waals surface area contributed by atoms with E-state index in [0.717, 1.165) is 11.0 Å². The van der Waals surface area contributed by atoms with Crippen molar-refractivity contribution in [2.75, 3.05) is 5.32 Å². The molecule has 0 radical (unpaired) electrons. The number of carboxylic acid groups (broad SMARTS) is 1. The number of aryl methyl sites for hydroxylation is 1. The molecule has 1 amide bonds. The number of fused-ring (bicyclic) bond motifs is 1. The van der Waals surface area contributed by atoms with Gasteiger partial charge in [0, 0.05) is 12.5 Å². The third kappa shape index (κ3) is 2.56. The molecule has 1 heterocycles. The molecule has 3 rings (SSSR count). The molecule has 1 saturated carbocycles. The molecule has 1 fully saturated rings. The summed E-state index contributed by atoms with van der Waals surface area (Å²) in [6.07, 6.45) is 1.60. The molecular formula is C16H19N3O3. The number of amides is 1. The highest BCUT2D eigenvalue weighted by molar-refractivity contribution is 5.93. The van der Waals surface area contributed by atoms with Crippen LogP contribution in [0.3, 0.4) is 0 Å². The molecule has 6 heteroatoms. The maximum absolute atomic E-state index is 12.4. The summed E-state index contributed by atoms with van der Waals surface area (Å²) in [5, 5.41) is 11.9. The number of imidazole rings is 1. The Labute approximate surface area is 128 Å². The zero-order chi connectivity index (χ0) is 15.7. The molecule has 0 spiro atoms. The van der Waals surface area contributed by atoms with Crippen molar-refractivity contribution in [3.63, 3.8) is 0 Å². The molecule has 22 heavy (non-hydrogen) atoms. The number of nitrogens with one attached hydrogen (secondary N) is 1. The Kier molecular flexibility index (Phi) is 3.83. The number of aliphatic carboxylic acids is 1. The summed E-state index contributed by atoms with van der Waals surface area (Å²) in [6.45, 7) is 2.71. The molecule has 6 nitrogen and oxygen atoms in total. The molecule has 0 bridgehead atoms. The lowest BCUT2D eigenvalue weighted by atomic mass is 10.0. The van der Waals surface area contributed by atoms with Crippen molar-refractivity contribution in [2.45, 2.75) is 32.7 Å². The van der Waals surface area contributed by atoms with Gasteiger partial charge in [0.15, 0.2) is 0 Å². The smallest absolute Gasteiger partial charge is 0.306 e. The Bertz CT molecular complexity index is 722. The number of carbonyl (C=O) groups excluding carboxylic acids is 1. The lowest BCUT2D eigenvalue weighted by molar-refractivity contribution is -0.141. The van der Waals surface area contributed by atoms with Gasteiger partial charge < -0.3 is 9.67 Å². The minimum Gasteiger partial charge on any atom is -0.481 e. The number of hydrogen-bond donors (Lipinski definition) is 2. The van der Waals surface area contributed by atoms with Gasteiger partial charge in [-0.05, 0) is 38.3 Å². The summed E-state index contributed by atoms with van der Waals surface area (Å²) in [5.41, 5.74) is 1.82. The quantitative estimate of drug-likeness (QED) is 0.908. The van der Waals surface area contributed by atoms with Crippen LogP contribution in [0.4, 0.5) is 5.95 Å². The van der Waals surface area contributed by atoms with Gasteiger partial charge in [-0.2, -0.15) is 0 Å². The van der Waals surface area contributed by atoms with Gasteiger partial charge in [-0.25, -0.2) is 4.98 Å². The molecule has 2 N–H and O–H groups in total. The Morgan fingerprint density at radius 2 is 2.05 bits per heavy atom. The van der Waals surface area contributed by atoms with Crippen molar-refractivity contribution < 1.29 is 14.7 Å². The first-order valence-corrected chi connectivity index (χ1v) is 7.59. The monoisotopic (exact) mass is 301 g/mol. The van der Waals surface area contributed by atoms with Crippen molar-refractivity contribution in [3.05, 3.63) is 24.3 Å². The van der Waals surface area contributed by atoms with Crippen LogP contribution in [0.25, 0.3) is 11.0 Å². The van der Waals surface area contributed by atoms with Gasteiger partial charge in [-0.3, -0.25) is 14.9 Å². The van der Waals surface area contributed by atoms with E-state index in [-0.39, 0.29) is 11.8 Å². The lowest BCUT2D eigenvalue weighted by Gasteiger charge is -2.11. The van der Waals surface area contributed by atoms with Gasteiger partial charge in [-0.15, -0.1) is 0 Å². The number of carboxylic acids is 1. The minimum absolute atomic E-state index is 0.131. The lowest BCUT2D eigenvalue weighted by Crippen LogP contribution is -2.23. The largest absolute Gasteiger partial charge is 0.481 e. The summed E-state index contributed by atoms with van der Waals surface area (Å²) in [6, 6.07) is 7.73. The molecule has 0 unspecified atom stereocenters. The van der Waals surface area contributed by atoms with Crippen LogP contribution in [-0.4, -0.2) is 26.5 Å². The number of carbonyl (C=O) groups is 2. The first-order valence-electron chi connectivity index (χ1n) is 7.59. The second-order valence-electron chi connectivity index (χ2n) is 5.70. The molecule has 0 saturated heterocycles. The molecule has 1 aliphatic rings. The Hall–Kier alpha value is -2.37.